The third-order valence-electron chi connectivity index (χ3n) is 2.81. The van der Waals surface area contributed by atoms with E-state index in [0.29, 0.717) is 0 Å². The molecule has 0 unspecified atom stereocenters. The highest BCUT2D eigenvalue weighted by atomic mass is 79.9. The molecule has 2 aromatic carbocycles. The number of fused-ring (bicyclic) bond motifs is 1. The first kappa shape index (κ1) is 10.5. The van der Waals surface area contributed by atoms with E-state index in [1.165, 1.54) is 16.5 Å². The van der Waals surface area contributed by atoms with Crippen LogP contribution in [0.2, 0.25) is 0 Å². The molecule has 0 bridgehead atoms. The van der Waals surface area contributed by atoms with E-state index in [4.69, 9.17) is 0 Å². The third kappa shape index (κ3) is 1.96. The molecule has 0 N–H and O–H groups in total. The van der Waals surface area contributed by atoms with Gasteiger partial charge in [-0.3, -0.25) is 4.98 Å². The molecule has 0 aliphatic carbocycles. The molecule has 0 amide bonds. The lowest BCUT2D eigenvalue weighted by Crippen LogP contribution is -1.81. The van der Waals surface area contributed by atoms with Gasteiger partial charge >= 0.3 is 0 Å². The van der Waals surface area contributed by atoms with E-state index in [0.717, 1.165) is 9.86 Å². The zero-order chi connectivity index (χ0) is 11.7. The minimum absolute atomic E-state index is 1.09. The molecule has 1 aromatic heterocycles. The lowest BCUT2D eigenvalue weighted by Gasteiger charge is -2.06. The van der Waals surface area contributed by atoms with E-state index in [9.17, 15) is 0 Å². The predicted octanol–water partition coefficient (Wildman–Crippen LogP) is 4.66. The lowest BCUT2D eigenvalue weighted by atomic mass is 10.0. The summed E-state index contributed by atoms with van der Waals surface area (Å²) in [5.74, 6) is 0. The summed E-state index contributed by atoms with van der Waals surface area (Å²) >= 11 is 3.60. The molecule has 0 radical (unpaired) electrons. The van der Waals surface area contributed by atoms with Gasteiger partial charge in [0.25, 0.3) is 0 Å². The van der Waals surface area contributed by atoms with Crippen molar-refractivity contribution in [3.63, 3.8) is 0 Å². The minimum atomic E-state index is 1.09. The average molecular weight is 284 g/mol. The molecule has 1 nitrogen and oxygen atoms in total. The zero-order valence-electron chi connectivity index (χ0n) is 9.10. The maximum atomic E-state index is 4.15. The highest BCUT2D eigenvalue weighted by Gasteiger charge is 2.03. The molecule has 0 saturated carbocycles. The van der Waals surface area contributed by atoms with Crippen LogP contribution >= 0.6 is 15.9 Å². The van der Waals surface area contributed by atoms with E-state index in [-0.39, 0.29) is 0 Å². The van der Waals surface area contributed by atoms with Gasteiger partial charge in [-0.05, 0) is 34.7 Å². The predicted molar refractivity (Wildman–Crippen MR) is 74.9 cm³/mol. The average Bonchev–Trinajstić information content (AvgIpc) is 2.40. The van der Waals surface area contributed by atoms with Gasteiger partial charge in [0, 0.05) is 22.3 Å². The van der Waals surface area contributed by atoms with Crippen molar-refractivity contribution in [3.8, 4) is 11.1 Å². The molecule has 17 heavy (non-hydrogen) atoms. The van der Waals surface area contributed by atoms with Crippen LogP contribution < -0.4 is 0 Å². The van der Waals surface area contributed by atoms with Gasteiger partial charge in [-0.15, -0.1) is 0 Å². The summed E-state index contributed by atoms with van der Waals surface area (Å²) in [7, 11) is 0. The Morgan fingerprint density at radius 3 is 2.53 bits per heavy atom. The number of pyridine rings is 1. The fourth-order valence-electron chi connectivity index (χ4n) is 1.95. The van der Waals surface area contributed by atoms with Crippen LogP contribution in [-0.4, -0.2) is 4.98 Å². The second kappa shape index (κ2) is 4.30. The van der Waals surface area contributed by atoms with Crippen LogP contribution in [0.25, 0.3) is 21.9 Å². The first-order chi connectivity index (χ1) is 8.34. The van der Waals surface area contributed by atoms with Gasteiger partial charge in [0.1, 0.15) is 0 Å². The van der Waals surface area contributed by atoms with Gasteiger partial charge in [-0.2, -0.15) is 0 Å². The van der Waals surface area contributed by atoms with Crippen molar-refractivity contribution >= 4 is 26.7 Å². The summed E-state index contributed by atoms with van der Waals surface area (Å²) in [6, 6.07) is 16.7. The Balaban J connectivity index is 2.26. The van der Waals surface area contributed by atoms with E-state index in [1.54, 1.807) is 0 Å². The van der Waals surface area contributed by atoms with E-state index >= 15 is 0 Å². The minimum Gasteiger partial charge on any atom is -0.264 e. The Hall–Kier alpha value is -1.67. The first-order valence-electron chi connectivity index (χ1n) is 5.43. The summed E-state index contributed by atoms with van der Waals surface area (Å²) in [5.41, 5.74) is 2.45. The molecule has 3 aromatic rings. The van der Waals surface area contributed by atoms with Gasteiger partial charge in [0.05, 0.1) is 0 Å². The van der Waals surface area contributed by atoms with Crippen LogP contribution in [0.1, 0.15) is 0 Å². The van der Waals surface area contributed by atoms with Crippen molar-refractivity contribution in [3.05, 3.63) is 65.4 Å². The standard InChI is InChI=1S/C15H10BrN/c16-15-9-13(11-4-2-1-3-5-11)8-12-6-7-17-10-14(12)15/h1-10H. The Kier molecular flexibility index (Phi) is 2.65. The number of rotatable bonds is 1. The van der Waals surface area contributed by atoms with Crippen molar-refractivity contribution in [2.24, 2.45) is 0 Å². The van der Waals surface area contributed by atoms with Gasteiger partial charge in [-0.1, -0.05) is 46.3 Å². The largest absolute Gasteiger partial charge is 0.264 e. The molecule has 82 valence electrons. The SMILES string of the molecule is Brc1cc(-c2ccccc2)cc2ccncc12. The normalized spacial score (nSPS) is 10.6. The van der Waals surface area contributed by atoms with Gasteiger partial charge in [0.2, 0.25) is 0 Å². The molecule has 0 saturated heterocycles. The number of aromatic nitrogens is 1. The summed E-state index contributed by atoms with van der Waals surface area (Å²) in [4.78, 5) is 4.15. The summed E-state index contributed by atoms with van der Waals surface area (Å²) in [6.45, 7) is 0. The van der Waals surface area contributed by atoms with Crippen LogP contribution in [0.15, 0.2) is 65.4 Å². The summed E-state index contributed by atoms with van der Waals surface area (Å²) < 4.78 is 1.09. The van der Waals surface area contributed by atoms with Crippen molar-refractivity contribution in [1.82, 2.24) is 4.98 Å². The number of hydrogen-bond donors (Lipinski definition) is 0. The second-order valence-electron chi connectivity index (χ2n) is 3.92. The second-order valence-corrected chi connectivity index (χ2v) is 4.78. The topological polar surface area (TPSA) is 12.9 Å². The lowest BCUT2D eigenvalue weighted by molar-refractivity contribution is 1.36. The Bertz CT molecular complexity index is 662. The van der Waals surface area contributed by atoms with E-state index in [1.807, 2.05) is 24.5 Å². The van der Waals surface area contributed by atoms with Gasteiger partial charge < -0.3 is 0 Å². The molecular formula is C15H10BrN. The molecule has 3 rings (SSSR count). The molecule has 0 spiro atoms. The highest BCUT2D eigenvalue weighted by Crippen LogP contribution is 2.30. The smallest absolute Gasteiger partial charge is 0.0357 e. The molecule has 0 aliphatic rings. The monoisotopic (exact) mass is 283 g/mol. The van der Waals surface area contributed by atoms with Crippen molar-refractivity contribution in [2.75, 3.05) is 0 Å². The zero-order valence-corrected chi connectivity index (χ0v) is 10.7. The van der Waals surface area contributed by atoms with Crippen LogP contribution in [0, 0.1) is 0 Å². The van der Waals surface area contributed by atoms with Gasteiger partial charge in [0.15, 0.2) is 0 Å². The van der Waals surface area contributed by atoms with Crippen molar-refractivity contribution in [2.45, 2.75) is 0 Å². The fourth-order valence-corrected chi connectivity index (χ4v) is 2.53. The van der Waals surface area contributed by atoms with E-state index in [2.05, 4.69) is 57.3 Å². The molecule has 1 heterocycles. The molecule has 0 fully saturated rings. The Morgan fingerprint density at radius 1 is 0.882 bits per heavy atom. The van der Waals surface area contributed by atoms with Crippen molar-refractivity contribution < 1.29 is 0 Å². The summed E-state index contributed by atoms with van der Waals surface area (Å²) in [6.07, 6.45) is 3.71. The number of halogens is 1. The van der Waals surface area contributed by atoms with Crippen molar-refractivity contribution in [1.29, 1.82) is 0 Å². The Labute approximate surface area is 108 Å². The Morgan fingerprint density at radius 2 is 1.71 bits per heavy atom. The highest BCUT2D eigenvalue weighted by molar-refractivity contribution is 9.10. The molecule has 2 heteroatoms. The quantitative estimate of drug-likeness (QED) is 0.633. The third-order valence-corrected chi connectivity index (χ3v) is 3.47. The number of benzene rings is 2. The first-order valence-corrected chi connectivity index (χ1v) is 6.22. The maximum Gasteiger partial charge on any atom is 0.0357 e. The van der Waals surface area contributed by atoms with Crippen LogP contribution in [0.4, 0.5) is 0 Å². The maximum absolute atomic E-state index is 4.15. The fraction of sp³-hybridized carbons (Fsp3) is 0. The van der Waals surface area contributed by atoms with Crippen LogP contribution in [0.5, 0.6) is 0 Å². The molecule has 0 atom stereocenters. The number of hydrogen-bond acceptors (Lipinski definition) is 1. The van der Waals surface area contributed by atoms with Gasteiger partial charge in [-0.25, -0.2) is 0 Å². The summed E-state index contributed by atoms with van der Waals surface area (Å²) in [5, 5.41) is 2.35. The van der Waals surface area contributed by atoms with Crippen LogP contribution in [-0.2, 0) is 0 Å². The number of nitrogens with zero attached hydrogens (tertiary/aromatic N) is 1. The molecular weight excluding hydrogens is 274 g/mol. The molecule has 0 aliphatic heterocycles. The van der Waals surface area contributed by atoms with E-state index < -0.39 is 0 Å². The van der Waals surface area contributed by atoms with Crippen LogP contribution in [0.3, 0.4) is 0 Å².